The van der Waals surface area contributed by atoms with Gasteiger partial charge < -0.3 is 14.6 Å². The van der Waals surface area contributed by atoms with Crippen LogP contribution in [0.5, 0.6) is 5.75 Å². The van der Waals surface area contributed by atoms with Crippen LogP contribution in [0.25, 0.3) is 10.9 Å². The summed E-state index contributed by atoms with van der Waals surface area (Å²) in [6.45, 7) is 0.218. The van der Waals surface area contributed by atoms with E-state index in [4.69, 9.17) is 4.74 Å². The number of aromatic amines is 1. The smallest absolute Gasteiger partial charge is 0.253 e. The molecule has 1 saturated carbocycles. The predicted octanol–water partition coefficient (Wildman–Crippen LogP) is 4.65. The van der Waals surface area contributed by atoms with Crippen LogP contribution in [-0.4, -0.2) is 18.0 Å². The summed E-state index contributed by atoms with van der Waals surface area (Å²) < 4.78 is 5.52. The lowest BCUT2D eigenvalue weighted by atomic mass is 9.88. The highest BCUT2D eigenvalue weighted by Crippen LogP contribution is 2.33. The summed E-state index contributed by atoms with van der Waals surface area (Å²) in [5.74, 6) is 0.698. The van der Waals surface area contributed by atoms with Crippen LogP contribution in [0.15, 0.2) is 59.4 Å². The van der Waals surface area contributed by atoms with Gasteiger partial charge in [-0.3, -0.25) is 9.59 Å². The summed E-state index contributed by atoms with van der Waals surface area (Å²) >= 11 is 0. The Morgan fingerprint density at radius 2 is 1.79 bits per heavy atom. The quantitative estimate of drug-likeness (QED) is 0.690. The number of rotatable bonds is 5. The Kier molecular flexibility index (Phi) is 5.65. The second-order valence-electron chi connectivity index (χ2n) is 7.64. The van der Waals surface area contributed by atoms with E-state index in [1.54, 1.807) is 12.0 Å². The topological polar surface area (TPSA) is 62.4 Å². The first-order valence-corrected chi connectivity index (χ1v) is 10.2. The van der Waals surface area contributed by atoms with E-state index in [1.165, 1.54) is 6.42 Å². The summed E-state index contributed by atoms with van der Waals surface area (Å²) in [6.07, 6.45) is 5.14. The average molecular weight is 390 g/mol. The molecule has 1 aromatic heterocycles. The maximum absolute atomic E-state index is 13.5. The van der Waals surface area contributed by atoms with Crippen LogP contribution in [0, 0.1) is 5.92 Å². The predicted molar refractivity (Wildman–Crippen MR) is 115 cm³/mol. The van der Waals surface area contributed by atoms with Gasteiger partial charge in [0.2, 0.25) is 5.91 Å². The zero-order chi connectivity index (χ0) is 20.2. The third kappa shape index (κ3) is 4.04. The van der Waals surface area contributed by atoms with Crippen LogP contribution >= 0.6 is 0 Å². The van der Waals surface area contributed by atoms with Crippen LogP contribution in [0.3, 0.4) is 0 Å². The molecule has 1 amide bonds. The van der Waals surface area contributed by atoms with Gasteiger partial charge in [0.15, 0.2) is 0 Å². The molecule has 2 aromatic carbocycles. The first-order valence-electron chi connectivity index (χ1n) is 10.2. The molecule has 0 atom stereocenters. The zero-order valence-electron chi connectivity index (χ0n) is 16.7. The monoisotopic (exact) mass is 390 g/mol. The number of carbonyl (C=O) groups is 1. The number of carbonyl (C=O) groups excluding carboxylic acids is 1. The van der Waals surface area contributed by atoms with Crippen molar-refractivity contribution in [3.63, 3.8) is 0 Å². The molecule has 5 nitrogen and oxygen atoms in total. The maximum atomic E-state index is 13.5. The molecule has 0 aliphatic heterocycles. The molecule has 1 heterocycles. The first kappa shape index (κ1) is 19.2. The average Bonchev–Trinajstić information content (AvgIpc) is 2.77. The number of nitrogens with one attached hydrogen (secondary N) is 1. The molecule has 150 valence electrons. The van der Waals surface area contributed by atoms with Crippen molar-refractivity contribution in [3.8, 4) is 5.75 Å². The number of amides is 1. The van der Waals surface area contributed by atoms with Crippen LogP contribution in [0.1, 0.15) is 37.7 Å². The Morgan fingerprint density at radius 1 is 1.07 bits per heavy atom. The molecule has 3 aromatic rings. The summed E-state index contributed by atoms with van der Waals surface area (Å²) in [6, 6.07) is 17.1. The summed E-state index contributed by atoms with van der Waals surface area (Å²) in [4.78, 5) is 30.9. The molecular weight excluding hydrogens is 364 g/mol. The Balaban J connectivity index is 1.75. The van der Waals surface area contributed by atoms with Gasteiger partial charge in [0, 0.05) is 17.0 Å². The molecule has 29 heavy (non-hydrogen) atoms. The minimum atomic E-state index is -0.167. The van der Waals surface area contributed by atoms with Crippen molar-refractivity contribution in [2.24, 2.45) is 5.92 Å². The Morgan fingerprint density at radius 3 is 2.59 bits per heavy atom. The number of anilines is 1. The number of H-pyrrole nitrogens is 1. The Hall–Kier alpha value is -3.08. The standard InChI is InChI=1S/C24H26N2O3/c1-29-22-14-8-7-13-21(22)26(24(28)17-9-3-2-4-10-17)16-19-15-18-11-5-6-12-20(18)25-23(19)27/h5-8,11-15,17H,2-4,9-10,16H2,1H3,(H,25,27). The number of nitrogens with zero attached hydrogens (tertiary/aromatic N) is 1. The third-order valence-electron chi connectivity index (χ3n) is 5.76. The first-order chi connectivity index (χ1) is 14.2. The minimum Gasteiger partial charge on any atom is -0.495 e. The lowest BCUT2D eigenvalue weighted by molar-refractivity contribution is -0.123. The molecule has 1 fully saturated rings. The molecule has 1 aliphatic carbocycles. The fraction of sp³-hybridized carbons (Fsp3) is 0.333. The molecule has 0 spiro atoms. The highest BCUT2D eigenvalue weighted by Gasteiger charge is 2.29. The minimum absolute atomic E-state index is 0.00630. The van der Waals surface area contributed by atoms with E-state index in [9.17, 15) is 9.59 Å². The molecule has 4 rings (SSSR count). The van der Waals surface area contributed by atoms with Crippen LogP contribution in [0.4, 0.5) is 5.69 Å². The molecule has 0 radical (unpaired) electrons. The lowest BCUT2D eigenvalue weighted by Gasteiger charge is -2.30. The molecule has 0 saturated heterocycles. The van der Waals surface area contributed by atoms with Gasteiger partial charge in [0.05, 0.1) is 19.3 Å². The normalized spacial score (nSPS) is 14.7. The molecule has 1 aliphatic rings. The summed E-state index contributed by atoms with van der Waals surface area (Å²) in [5, 5.41) is 0.951. The van der Waals surface area contributed by atoms with Gasteiger partial charge in [-0.2, -0.15) is 0 Å². The fourth-order valence-electron chi connectivity index (χ4n) is 4.18. The van der Waals surface area contributed by atoms with Crippen LogP contribution in [0.2, 0.25) is 0 Å². The molecule has 5 heteroatoms. The zero-order valence-corrected chi connectivity index (χ0v) is 16.7. The lowest BCUT2D eigenvalue weighted by Crippen LogP contribution is -2.38. The van der Waals surface area contributed by atoms with Crippen LogP contribution in [-0.2, 0) is 11.3 Å². The number of ether oxygens (including phenoxy) is 1. The van der Waals surface area contributed by atoms with Gasteiger partial charge in [-0.1, -0.05) is 49.6 Å². The van der Waals surface area contributed by atoms with Gasteiger partial charge in [-0.25, -0.2) is 0 Å². The van der Waals surface area contributed by atoms with Crippen molar-refractivity contribution in [2.45, 2.75) is 38.6 Å². The third-order valence-corrected chi connectivity index (χ3v) is 5.76. The van der Waals surface area contributed by atoms with Crippen molar-refractivity contribution < 1.29 is 9.53 Å². The van der Waals surface area contributed by atoms with E-state index in [0.717, 1.165) is 36.6 Å². The Labute approximate surface area is 170 Å². The maximum Gasteiger partial charge on any atom is 0.253 e. The van der Waals surface area contributed by atoms with Gasteiger partial charge in [0.1, 0.15) is 5.75 Å². The Bertz CT molecular complexity index is 1070. The highest BCUT2D eigenvalue weighted by molar-refractivity contribution is 5.96. The molecule has 1 N–H and O–H groups in total. The number of pyridine rings is 1. The van der Waals surface area contributed by atoms with E-state index in [0.29, 0.717) is 17.0 Å². The summed E-state index contributed by atoms with van der Waals surface area (Å²) in [5.41, 5.74) is 1.90. The largest absolute Gasteiger partial charge is 0.495 e. The van der Waals surface area contributed by atoms with Gasteiger partial charge in [-0.15, -0.1) is 0 Å². The number of hydrogen-bond acceptors (Lipinski definition) is 3. The second-order valence-corrected chi connectivity index (χ2v) is 7.64. The van der Waals surface area contributed by atoms with E-state index in [2.05, 4.69) is 4.98 Å². The fourth-order valence-corrected chi connectivity index (χ4v) is 4.18. The number of benzene rings is 2. The van der Waals surface area contributed by atoms with Crippen LogP contribution < -0.4 is 15.2 Å². The van der Waals surface area contributed by atoms with E-state index >= 15 is 0 Å². The highest BCUT2D eigenvalue weighted by atomic mass is 16.5. The van der Waals surface area contributed by atoms with Crippen molar-refractivity contribution in [2.75, 3.05) is 12.0 Å². The molecule has 0 bridgehead atoms. The van der Waals surface area contributed by atoms with Gasteiger partial charge in [0.25, 0.3) is 5.56 Å². The van der Waals surface area contributed by atoms with Crippen molar-refractivity contribution in [3.05, 3.63) is 70.5 Å². The van der Waals surface area contributed by atoms with Crippen molar-refractivity contribution in [1.29, 1.82) is 0 Å². The SMILES string of the molecule is COc1ccccc1N(Cc1cc2ccccc2[nH]c1=O)C(=O)C1CCCCC1. The number of methoxy groups -OCH3 is 1. The molecular formula is C24H26N2O3. The van der Waals surface area contributed by atoms with E-state index < -0.39 is 0 Å². The van der Waals surface area contributed by atoms with Gasteiger partial charge in [-0.05, 0) is 42.5 Å². The van der Waals surface area contributed by atoms with E-state index in [1.807, 2.05) is 54.6 Å². The second kappa shape index (κ2) is 8.52. The number of fused-ring (bicyclic) bond motifs is 1. The van der Waals surface area contributed by atoms with Crippen molar-refractivity contribution in [1.82, 2.24) is 4.98 Å². The van der Waals surface area contributed by atoms with Gasteiger partial charge >= 0.3 is 0 Å². The van der Waals surface area contributed by atoms with Crippen molar-refractivity contribution >= 4 is 22.5 Å². The number of para-hydroxylation sites is 3. The molecule has 0 unspecified atom stereocenters. The number of aromatic nitrogens is 1. The summed E-state index contributed by atoms with van der Waals surface area (Å²) in [7, 11) is 1.60. The number of hydrogen-bond donors (Lipinski definition) is 1. The van der Waals surface area contributed by atoms with E-state index in [-0.39, 0.29) is 23.9 Å².